The number of rotatable bonds is 5. The molecule has 1 unspecified atom stereocenters. The van der Waals surface area contributed by atoms with Crippen LogP contribution in [0, 0.1) is 5.41 Å². The van der Waals surface area contributed by atoms with Crippen molar-refractivity contribution in [3.63, 3.8) is 0 Å². The molecule has 0 aliphatic heterocycles. The van der Waals surface area contributed by atoms with Crippen molar-refractivity contribution in [2.75, 3.05) is 0 Å². The minimum atomic E-state index is -0.884. The smallest absolute Gasteiger partial charge is 0.313 e. The van der Waals surface area contributed by atoms with Gasteiger partial charge in [-0.1, -0.05) is 48.6 Å². The predicted molar refractivity (Wildman–Crippen MR) is 66.0 cm³/mol. The normalized spacial score (nSPS) is 14.6. The van der Waals surface area contributed by atoms with Crippen LogP contribution >= 0.6 is 0 Å². The van der Waals surface area contributed by atoms with Gasteiger partial charge in [0.1, 0.15) is 0 Å². The Balaban J connectivity index is 2.67. The van der Waals surface area contributed by atoms with Gasteiger partial charge in [-0.2, -0.15) is 0 Å². The Bertz CT molecular complexity index is 392. The van der Waals surface area contributed by atoms with Crippen molar-refractivity contribution in [3.8, 4) is 0 Å². The van der Waals surface area contributed by atoms with Gasteiger partial charge in [0.2, 0.25) is 0 Å². The van der Waals surface area contributed by atoms with Gasteiger partial charge in [-0.25, -0.2) is 0 Å². The molecule has 84 valence electrons. The third-order valence-corrected chi connectivity index (χ3v) is 2.59. The van der Waals surface area contributed by atoms with Crippen molar-refractivity contribution >= 4 is 12.0 Å². The maximum atomic E-state index is 11.0. The lowest BCUT2D eigenvalue weighted by Crippen LogP contribution is -2.23. The summed E-state index contributed by atoms with van der Waals surface area (Å²) in [6.07, 6.45) is 5.71. The summed E-state index contributed by atoms with van der Waals surface area (Å²) in [7, 11) is 0. The highest BCUT2D eigenvalue weighted by molar-refractivity contribution is 5.76. The Hall–Kier alpha value is -1.83. The number of carboxylic acid groups (broad SMARTS) is 1. The molecule has 0 amide bonds. The summed E-state index contributed by atoms with van der Waals surface area (Å²) in [4.78, 5) is 11.0. The molecule has 0 saturated heterocycles. The van der Waals surface area contributed by atoms with Crippen molar-refractivity contribution in [1.82, 2.24) is 0 Å². The first-order valence-corrected chi connectivity index (χ1v) is 5.17. The Morgan fingerprint density at radius 2 is 2.06 bits per heavy atom. The van der Waals surface area contributed by atoms with Crippen LogP contribution in [0.25, 0.3) is 6.08 Å². The molecule has 0 spiro atoms. The lowest BCUT2D eigenvalue weighted by atomic mass is 9.87. The summed E-state index contributed by atoms with van der Waals surface area (Å²) >= 11 is 0. The van der Waals surface area contributed by atoms with E-state index in [4.69, 9.17) is 5.11 Å². The highest BCUT2D eigenvalue weighted by Crippen LogP contribution is 2.23. The van der Waals surface area contributed by atoms with E-state index in [2.05, 4.69) is 6.58 Å². The van der Waals surface area contributed by atoms with E-state index < -0.39 is 11.4 Å². The first-order chi connectivity index (χ1) is 7.58. The highest BCUT2D eigenvalue weighted by atomic mass is 16.4. The molecule has 0 aliphatic rings. The van der Waals surface area contributed by atoms with E-state index in [1.807, 2.05) is 42.5 Å². The molecule has 0 fully saturated rings. The number of hydrogen-bond acceptors (Lipinski definition) is 1. The van der Waals surface area contributed by atoms with Crippen molar-refractivity contribution in [3.05, 3.63) is 54.6 Å². The predicted octanol–water partition coefficient (Wildman–Crippen LogP) is 3.37. The fourth-order valence-electron chi connectivity index (χ4n) is 1.26. The molecule has 1 aromatic carbocycles. The third-order valence-electron chi connectivity index (χ3n) is 2.59. The summed E-state index contributed by atoms with van der Waals surface area (Å²) in [6.45, 7) is 5.23. The quantitative estimate of drug-likeness (QED) is 0.766. The lowest BCUT2D eigenvalue weighted by Gasteiger charge is -2.17. The van der Waals surface area contributed by atoms with Crippen LogP contribution in [-0.2, 0) is 4.79 Å². The Labute approximate surface area is 95.9 Å². The van der Waals surface area contributed by atoms with Crippen LogP contribution in [0.4, 0.5) is 0 Å². The Kier molecular flexibility index (Phi) is 4.06. The van der Waals surface area contributed by atoms with Crippen LogP contribution in [0.1, 0.15) is 18.9 Å². The lowest BCUT2D eigenvalue weighted by molar-refractivity contribution is -0.144. The van der Waals surface area contributed by atoms with Crippen molar-refractivity contribution in [1.29, 1.82) is 0 Å². The second-order valence-corrected chi connectivity index (χ2v) is 3.94. The van der Waals surface area contributed by atoms with E-state index in [-0.39, 0.29) is 0 Å². The van der Waals surface area contributed by atoms with E-state index in [0.717, 1.165) is 5.56 Å². The second kappa shape index (κ2) is 5.31. The molecule has 1 aromatic rings. The van der Waals surface area contributed by atoms with Gasteiger partial charge in [0.05, 0.1) is 5.41 Å². The minimum Gasteiger partial charge on any atom is -0.481 e. The van der Waals surface area contributed by atoms with Gasteiger partial charge >= 0.3 is 5.97 Å². The molecular formula is C14H16O2. The Morgan fingerprint density at radius 1 is 1.44 bits per heavy atom. The topological polar surface area (TPSA) is 37.3 Å². The fraction of sp³-hybridized carbons (Fsp3) is 0.214. The zero-order valence-corrected chi connectivity index (χ0v) is 9.39. The summed E-state index contributed by atoms with van der Waals surface area (Å²) < 4.78 is 0. The average molecular weight is 216 g/mol. The van der Waals surface area contributed by atoms with Crippen LogP contribution in [0.2, 0.25) is 0 Å². The van der Waals surface area contributed by atoms with E-state index in [9.17, 15) is 4.79 Å². The van der Waals surface area contributed by atoms with Gasteiger partial charge in [-0.15, -0.1) is 6.58 Å². The van der Waals surface area contributed by atoms with Gasteiger partial charge in [0, 0.05) is 0 Å². The van der Waals surface area contributed by atoms with E-state index >= 15 is 0 Å². The third kappa shape index (κ3) is 3.09. The number of hydrogen-bond donors (Lipinski definition) is 1. The van der Waals surface area contributed by atoms with Gasteiger partial charge in [-0.05, 0) is 18.9 Å². The van der Waals surface area contributed by atoms with Crippen LogP contribution in [0.5, 0.6) is 0 Å². The Morgan fingerprint density at radius 3 is 2.56 bits per heavy atom. The zero-order valence-electron chi connectivity index (χ0n) is 9.39. The van der Waals surface area contributed by atoms with Crippen LogP contribution in [-0.4, -0.2) is 11.1 Å². The molecule has 2 heteroatoms. The number of allylic oxidation sites excluding steroid dienone is 1. The number of carboxylic acids is 1. The molecule has 0 heterocycles. The van der Waals surface area contributed by atoms with Gasteiger partial charge in [-0.3, -0.25) is 4.79 Å². The van der Waals surface area contributed by atoms with Crippen LogP contribution in [0.15, 0.2) is 49.1 Å². The van der Waals surface area contributed by atoms with Crippen molar-refractivity contribution < 1.29 is 9.90 Å². The first kappa shape index (κ1) is 12.2. The maximum absolute atomic E-state index is 11.0. The molecule has 1 N–H and O–H groups in total. The minimum absolute atomic E-state index is 0.445. The summed E-state index contributed by atoms with van der Waals surface area (Å²) in [5.41, 5.74) is 0.185. The van der Waals surface area contributed by atoms with Crippen molar-refractivity contribution in [2.45, 2.75) is 13.3 Å². The second-order valence-electron chi connectivity index (χ2n) is 3.94. The molecule has 16 heavy (non-hydrogen) atoms. The molecule has 0 aromatic heterocycles. The molecule has 1 rings (SSSR count). The van der Waals surface area contributed by atoms with Crippen LogP contribution in [0.3, 0.4) is 0 Å². The molecule has 0 radical (unpaired) electrons. The highest BCUT2D eigenvalue weighted by Gasteiger charge is 2.27. The zero-order chi connectivity index (χ0) is 12.0. The average Bonchev–Trinajstić information content (AvgIpc) is 2.30. The summed E-state index contributed by atoms with van der Waals surface area (Å²) in [5, 5.41) is 9.02. The van der Waals surface area contributed by atoms with Crippen molar-refractivity contribution in [2.24, 2.45) is 5.41 Å². The maximum Gasteiger partial charge on any atom is 0.313 e. The standard InChI is InChI=1S/C14H16O2/c1-3-14(2,13(15)16)11-7-10-12-8-5-4-6-9-12/h3-10H,1,11H2,2H3,(H,15,16)/b10-7+. The van der Waals surface area contributed by atoms with Gasteiger partial charge < -0.3 is 5.11 Å². The fourth-order valence-corrected chi connectivity index (χ4v) is 1.26. The first-order valence-electron chi connectivity index (χ1n) is 5.17. The SMILES string of the molecule is C=CC(C)(C/C=C/c1ccccc1)C(=O)O. The number of aliphatic carboxylic acids is 1. The molecule has 2 nitrogen and oxygen atoms in total. The van der Waals surface area contributed by atoms with Gasteiger partial charge in [0.15, 0.2) is 0 Å². The summed E-state index contributed by atoms with van der Waals surface area (Å²) in [6, 6.07) is 9.79. The van der Waals surface area contributed by atoms with Gasteiger partial charge in [0.25, 0.3) is 0 Å². The number of benzene rings is 1. The van der Waals surface area contributed by atoms with E-state index in [1.54, 1.807) is 6.92 Å². The molecule has 0 aliphatic carbocycles. The largest absolute Gasteiger partial charge is 0.481 e. The molecule has 1 atom stereocenters. The number of carbonyl (C=O) groups is 1. The van der Waals surface area contributed by atoms with E-state index in [0.29, 0.717) is 6.42 Å². The summed E-state index contributed by atoms with van der Waals surface area (Å²) in [5.74, 6) is -0.847. The molecular weight excluding hydrogens is 200 g/mol. The molecule has 0 bridgehead atoms. The molecule has 0 saturated carbocycles. The van der Waals surface area contributed by atoms with E-state index in [1.165, 1.54) is 6.08 Å². The monoisotopic (exact) mass is 216 g/mol. The van der Waals surface area contributed by atoms with Crippen LogP contribution < -0.4 is 0 Å².